The molecule has 6 nitrogen and oxygen atoms in total. The molecule has 0 spiro atoms. The maximum atomic E-state index is 12.0. The van der Waals surface area contributed by atoms with Crippen LogP contribution in [0.15, 0.2) is 30.6 Å². The highest BCUT2D eigenvalue weighted by atomic mass is 32.2. The predicted molar refractivity (Wildman–Crippen MR) is 93.1 cm³/mol. The molecule has 2 fully saturated rings. The number of carbonyl (C=O) groups excluding carboxylic acids is 1. The van der Waals surface area contributed by atoms with Crippen molar-refractivity contribution in [3.8, 4) is 0 Å². The lowest BCUT2D eigenvalue weighted by molar-refractivity contribution is -0.117. The van der Waals surface area contributed by atoms with Crippen LogP contribution >= 0.6 is 0 Å². The second kappa shape index (κ2) is 7.44. The fourth-order valence-electron chi connectivity index (χ4n) is 3.37. The zero-order chi connectivity index (χ0) is 17.0. The van der Waals surface area contributed by atoms with Crippen molar-refractivity contribution in [2.45, 2.75) is 31.3 Å². The molecule has 0 saturated carbocycles. The van der Waals surface area contributed by atoms with Gasteiger partial charge in [-0.1, -0.05) is 6.07 Å². The van der Waals surface area contributed by atoms with Crippen molar-refractivity contribution < 1.29 is 13.2 Å². The summed E-state index contributed by atoms with van der Waals surface area (Å²) in [6.45, 7) is 1.69. The van der Waals surface area contributed by atoms with Gasteiger partial charge in [0.05, 0.1) is 11.5 Å². The van der Waals surface area contributed by atoms with Crippen molar-refractivity contribution in [3.05, 3.63) is 36.2 Å². The number of pyridine rings is 1. The smallest absolute Gasteiger partial charge is 0.244 e. The van der Waals surface area contributed by atoms with Crippen LogP contribution in [0.4, 0.5) is 0 Å². The zero-order valence-electron chi connectivity index (χ0n) is 13.6. The minimum atomic E-state index is -2.84. The Labute approximate surface area is 142 Å². The van der Waals surface area contributed by atoms with E-state index in [4.69, 9.17) is 0 Å². The fraction of sp³-hybridized carbons (Fsp3) is 0.529. The summed E-state index contributed by atoms with van der Waals surface area (Å²) in [6.07, 6.45) is 9.16. The molecule has 0 aliphatic carbocycles. The van der Waals surface area contributed by atoms with Gasteiger partial charge in [-0.2, -0.15) is 0 Å². The highest BCUT2D eigenvalue weighted by molar-refractivity contribution is 7.91. The van der Waals surface area contributed by atoms with Crippen LogP contribution in [0.1, 0.15) is 24.8 Å². The van der Waals surface area contributed by atoms with Gasteiger partial charge in [0.25, 0.3) is 0 Å². The van der Waals surface area contributed by atoms with E-state index in [-0.39, 0.29) is 23.7 Å². The van der Waals surface area contributed by atoms with Crippen LogP contribution in [0, 0.1) is 0 Å². The molecule has 7 heteroatoms. The van der Waals surface area contributed by atoms with E-state index in [1.807, 2.05) is 12.1 Å². The Bertz CT molecular complexity index is 695. The molecule has 3 heterocycles. The Hall–Kier alpha value is -1.73. The van der Waals surface area contributed by atoms with E-state index in [0.717, 1.165) is 37.9 Å². The third kappa shape index (κ3) is 4.64. The Morgan fingerprint density at radius 2 is 2.08 bits per heavy atom. The molecule has 0 bridgehead atoms. The molecule has 1 amide bonds. The highest BCUT2D eigenvalue weighted by Gasteiger charge is 2.34. The third-order valence-corrected chi connectivity index (χ3v) is 6.46. The summed E-state index contributed by atoms with van der Waals surface area (Å²) >= 11 is 0. The van der Waals surface area contributed by atoms with Gasteiger partial charge in [0.1, 0.15) is 0 Å². The monoisotopic (exact) mass is 349 g/mol. The van der Waals surface area contributed by atoms with Gasteiger partial charge < -0.3 is 5.32 Å². The summed E-state index contributed by atoms with van der Waals surface area (Å²) in [5.41, 5.74) is 0.893. The summed E-state index contributed by atoms with van der Waals surface area (Å²) in [5, 5.41) is 3.03. The fourth-order valence-corrected chi connectivity index (χ4v) is 5.13. The number of rotatable bonds is 4. The molecule has 1 aromatic rings. The van der Waals surface area contributed by atoms with Crippen LogP contribution in [0.25, 0.3) is 6.08 Å². The Kier molecular flexibility index (Phi) is 5.30. The topological polar surface area (TPSA) is 79.4 Å². The van der Waals surface area contributed by atoms with Crippen molar-refractivity contribution in [1.82, 2.24) is 15.2 Å². The van der Waals surface area contributed by atoms with E-state index in [0.29, 0.717) is 5.75 Å². The van der Waals surface area contributed by atoms with Crippen LogP contribution in [-0.4, -0.2) is 60.9 Å². The van der Waals surface area contributed by atoms with E-state index >= 15 is 0 Å². The second-order valence-electron chi connectivity index (χ2n) is 6.50. The summed E-state index contributed by atoms with van der Waals surface area (Å²) in [4.78, 5) is 18.3. The molecule has 1 aromatic heterocycles. The predicted octanol–water partition coefficient (Wildman–Crippen LogP) is 0.863. The lowest BCUT2D eigenvalue weighted by Gasteiger charge is -2.35. The van der Waals surface area contributed by atoms with Gasteiger partial charge in [-0.3, -0.25) is 14.7 Å². The number of hydrogen-bond acceptors (Lipinski definition) is 5. The maximum Gasteiger partial charge on any atom is 0.244 e. The molecular formula is C17H23N3O3S. The largest absolute Gasteiger partial charge is 0.350 e. The minimum absolute atomic E-state index is 0.0965. The van der Waals surface area contributed by atoms with E-state index < -0.39 is 9.84 Å². The molecule has 1 N–H and O–H groups in total. The first kappa shape index (κ1) is 17.1. The van der Waals surface area contributed by atoms with E-state index in [2.05, 4.69) is 15.2 Å². The average molecular weight is 349 g/mol. The van der Waals surface area contributed by atoms with Crippen LogP contribution in [-0.2, 0) is 14.6 Å². The Morgan fingerprint density at radius 1 is 1.29 bits per heavy atom. The Balaban J connectivity index is 1.44. The third-order valence-electron chi connectivity index (χ3n) is 4.71. The van der Waals surface area contributed by atoms with Crippen LogP contribution in [0.3, 0.4) is 0 Å². The average Bonchev–Trinajstić information content (AvgIpc) is 2.95. The van der Waals surface area contributed by atoms with E-state index in [1.165, 1.54) is 6.08 Å². The quantitative estimate of drug-likeness (QED) is 0.816. The van der Waals surface area contributed by atoms with Gasteiger partial charge in [-0.15, -0.1) is 0 Å². The zero-order valence-corrected chi connectivity index (χ0v) is 14.4. The van der Waals surface area contributed by atoms with Gasteiger partial charge in [0, 0.05) is 43.6 Å². The molecule has 2 saturated heterocycles. The first-order chi connectivity index (χ1) is 11.5. The normalized spacial score (nSPS) is 25.1. The summed E-state index contributed by atoms with van der Waals surface area (Å²) < 4.78 is 23.2. The molecule has 1 atom stereocenters. The van der Waals surface area contributed by atoms with Gasteiger partial charge in [0.2, 0.25) is 5.91 Å². The second-order valence-corrected chi connectivity index (χ2v) is 8.72. The summed E-state index contributed by atoms with van der Waals surface area (Å²) in [6, 6.07) is 4.05. The van der Waals surface area contributed by atoms with Crippen LogP contribution in [0.5, 0.6) is 0 Å². The molecule has 24 heavy (non-hydrogen) atoms. The van der Waals surface area contributed by atoms with Gasteiger partial charge in [0.15, 0.2) is 9.84 Å². The molecule has 0 aromatic carbocycles. The molecule has 130 valence electrons. The molecule has 3 rings (SSSR count). The summed E-state index contributed by atoms with van der Waals surface area (Å²) in [5.74, 6) is 0.506. The van der Waals surface area contributed by atoms with Crippen LogP contribution in [0.2, 0.25) is 0 Å². The van der Waals surface area contributed by atoms with Gasteiger partial charge >= 0.3 is 0 Å². The number of likely N-dealkylation sites (tertiary alicyclic amines) is 1. The molecule has 2 aliphatic heterocycles. The van der Waals surface area contributed by atoms with E-state index in [1.54, 1.807) is 18.5 Å². The number of nitrogens with zero attached hydrogens (tertiary/aromatic N) is 2. The molecular weight excluding hydrogens is 326 g/mol. The van der Waals surface area contributed by atoms with Crippen molar-refractivity contribution in [1.29, 1.82) is 0 Å². The van der Waals surface area contributed by atoms with Crippen LogP contribution < -0.4 is 5.32 Å². The standard InChI is InChI=1S/C17H23N3O3S/c21-17(4-3-14-2-1-8-18-12-14)19-15-5-9-20(10-6-15)16-7-11-24(22,23)13-16/h1-4,8,12,15-16H,5-7,9-11,13H2,(H,19,21). The number of piperidine rings is 1. The Morgan fingerprint density at radius 3 is 2.71 bits per heavy atom. The lowest BCUT2D eigenvalue weighted by Crippen LogP contribution is -2.48. The first-order valence-corrected chi connectivity index (χ1v) is 10.2. The van der Waals surface area contributed by atoms with Crippen molar-refractivity contribution >= 4 is 21.8 Å². The number of aromatic nitrogens is 1. The number of hydrogen-bond donors (Lipinski definition) is 1. The molecule has 0 radical (unpaired) electrons. The highest BCUT2D eigenvalue weighted by Crippen LogP contribution is 2.21. The minimum Gasteiger partial charge on any atom is -0.350 e. The lowest BCUT2D eigenvalue weighted by atomic mass is 10.0. The number of sulfone groups is 1. The van der Waals surface area contributed by atoms with Gasteiger partial charge in [-0.25, -0.2) is 8.42 Å². The molecule has 2 aliphatic rings. The number of nitrogens with one attached hydrogen (secondary N) is 1. The van der Waals surface area contributed by atoms with E-state index in [9.17, 15) is 13.2 Å². The van der Waals surface area contributed by atoms with Crippen molar-refractivity contribution in [2.75, 3.05) is 24.6 Å². The number of carbonyl (C=O) groups is 1. The van der Waals surface area contributed by atoms with Crippen molar-refractivity contribution in [2.24, 2.45) is 0 Å². The summed E-state index contributed by atoms with van der Waals surface area (Å²) in [7, 11) is -2.84. The molecule has 1 unspecified atom stereocenters. The van der Waals surface area contributed by atoms with Gasteiger partial charge in [-0.05, 0) is 37.0 Å². The first-order valence-electron chi connectivity index (χ1n) is 8.35. The van der Waals surface area contributed by atoms with Crippen molar-refractivity contribution in [3.63, 3.8) is 0 Å². The maximum absolute atomic E-state index is 12.0. The number of amides is 1. The SMILES string of the molecule is O=C(C=Cc1cccnc1)NC1CCN(C2CCS(=O)(=O)C2)CC1.